The fraction of sp³-hybridized carbons (Fsp3) is 0.294. The van der Waals surface area contributed by atoms with E-state index in [-0.39, 0.29) is 16.7 Å². The van der Waals surface area contributed by atoms with Gasteiger partial charge in [-0.1, -0.05) is 48.5 Å². The first kappa shape index (κ1) is 11.8. The topological polar surface area (TPSA) is 0 Å². The van der Waals surface area contributed by atoms with Crippen LogP contribution < -0.4 is 0 Å². The average Bonchev–Trinajstić information content (AvgIpc) is 2.62. The third-order valence-electron chi connectivity index (χ3n) is 4.55. The van der Waals surface area contributed by atoms with E-state index in [2.05, 4.69) is 48.5 Å². The molecule has 0 heterocycles. The van der Waals surface area contributed by atoms with Crippen molar-refractivity contribution in [1.82, 2.24) is 0 Å². The molecule has 0 aliphatic heterocycles. The number of hydrogen-bond donors (Lipinski definition) is 0. The Bertz CT molecular complexity index is 629. The molecule has 0 saturated heterocycles. The maximum absolute atomic E-state index is 6.78. The lowest BCUT2D eigenvalue weighted by Crippen LogP contribution is -2.23. The Kier molecular flexibility index (Phi) is 2.65. The van der Waals surface area contributed by atoms with Gasteiger partial charge in [0.15, 0.2) is 0 Å². The van der Waals surface area contributed by atoms with Crippen molar-refractivity contribution >= 4 is 23.2 Å². The standard InChI is InChI=1S/C17H14Cl2/c18-15-9-14-10-5-1-2-6-11(10)16(15)12-7-3-4-8-13(12)17(14)19/h1-8,14-17H,9H2. The van der Waals surface area contributed by atoms with Gasteiger partial charge in [-0.2, -0.15) is 0 Å². The van der Waals surface area contributed by atoms with E-state index in [1.807, 2.05) is 0 Å². The van der Waals surface area contributed by atoms with Crippen LogP contribution in [0.1, 0.15) is 45.9 Å². The molecule has 0 fully saturated rings. The molecule has 3 aliphatic rings. The Labute approximate surface area is 123 Å². The minimum absolute atomic E-state index is 0.0334. The highest BCUT2D eigenvalue weighted by molar-refractivity contribution is 6.23. The Morgan fingerprint density at radius 3 is 1.95 bits per heavy atom. The molecule has 5 rings (SSSR count). The van der Waals surface area contributed by atoms with Gasteiger partial charge in [0.25, 0.3) is 0 Å². The Balaban J connectivity index is 2.05. The number of fused-ring (bicyclic) bond motifs is 1. The van der Waals surface area contributed by atoms with E-state index in [0.29, 0.717) is 5.92 Å². The van der Waals surface area contributed by atoms with Crippen LogP contribution >= 0.6 is 23.2 Å². The molecular weight excluding hydrogens is 275 g/mol. The first-order valence-corrected chi connectivity index (χ1v) is 7.60. The quantitative estimate of drug-likeness (QED) is 0.584. The van der Waals surface area contributed by atoms with Gasteiger partial charge in [-0.15, -0.1) is 23.2 Å². The first-order chi connectivity index (χ1) is 9.27. The maximum atomic E-state index is 6.78. The molecule has 0 nitrogen and oxygen atoms in total. The van der Waals surface area contributed by atoms with Gasteiger partial charge in [0.1, 0.15) is 0 Å². The molecule has 0 spiro atoms. The third-order valence-corrected chi connectivity index (χ3v) is 5.52. The minimum Gasteiger partial charge on any atom is -0.122 e. The van der Waals surface area contributed by atoms with Crippen LogP contribution in [0.3, 0.4) is 0 Å². The van der Waals surface area contributed by atoms with Gasteiger partial charge in [-0.05, 0) is 28.7 Å². The lowest BCUT2D eigenvalue weighted by atomic mass is 9.76. The number of halogens is 2. The van der Waals surface area contributed by atoms with Crippen LogP contribution in [0.25, 0.3) is 0 Å². The Morgan fingerprint density at radius 2 is 1.26 bits per heavy atom. The van der Waals surface area contributed by atoms with Gasteiger partial charge in [-0.25, -0.2) is 0 Å². The van der Waals surface area contributed by atoms with E-state index in [1.165, 1.54) is 22.3 Å². The summed E-state index contributed by atoms with van der Waals surface area (Å²) >= 11 is 13.5. The van der Waals surface area contributed by atoms with Crippen LogP contribution in [-0.2, 0) is 0 Å². The molecule has 0 aromatic heterocycles. The molecule has 96 valence electrons. The fourth-order valence-electron chi connectivity index (χ4n) is 3.73. The SMILES string of the molecule is ClC1CC2c3ccccc3C1c1ccccc1C2Cl. The van der Waals surface area contributed by atoms with Gasteiger partial charge in [0.05, 0.1) is 5.38 Å². The van der Waals surface area contributed by atoms with Crippen LogP contribution in [0.4, 0.5) is 0 Å². The van der Waals surface area contributed by atoms with Crippen LogP contribution in [-0.4, -0.2) is 5.38 Å². The molecule has 2 aromatic rings. The monoisotopic (exact) mass is 288 g/mol. The molecule has 2 aromatic carbocycles. The van der Waals surface area contributed by atoms with Crippen molar-refractivity contribution in [3.63, 3.8) is 0 Å². The molecule has 2 bridgehead atoms. The normalized spacial score (nSPS) is 31.5. The molecule has 19 heavy (non-hydrogen) atoms. The van der Waals surface area contributed by atoms with Gasteiger partial charge in [0, 0.05) is 17.2 Å². The van der Waals surface area contributed by atoms with Gasteiger partial charge in [-0.3, -0.25) is 0 Å². The largest absolute Gasteiger partial charge is 0.122 e. The van der Waals surface area contributed by atoms with Crippen LogP contribution in [0, 0.1) is 0 Å². The van der Waals surface area contributed by atoms with Crippen molar-refractivity contribution in [1.29, 1.82) is 0 Å². The van der Waals surface area contributed by atoms with Gasteiger partial charge >= 0.3 is 0 Å². The second-order valence-corrected chi connectivity index (χ2v) is 6.53. The molecule has 0 N–H and O–H groups in total. The van der Waals surface area contributed by atoms with Crippen molar-refractivity contribution < 1.29 is 0 Å². The molecule has 4 unspecified atom stereocenters. The zero-order valence-electron chi connectivity index (χ0n) is 10.4. The van der Waals surface area contributed by atoms with E-state index in [4.69, 9.17) is 23.2 Å². The number of rotatable bonds is 0. The maximum Gasteiger partial charge on any atom is 0.0657 e. The lowest BCUT2D eigenvalue weighted by Gasteiger charge is -2.32. The summed E-state index contributed by atoms with van der Waals surface area (Å²) in [5.41, 5.74) is 5.34. The highest BCUT2D eigenvalue weighted by Gasteiger charge is 2.43. The predicted octanol–water partition coefficient (Wildman–Crippen LogP) is 5.21. The predicted molar refractivity (Wildman–Crippen MR) is 80.3 cm³/mol. The smallest absolute Gasteiger partial charge is 0.0657 e. The second kappa shape index (κ2) is 4.26. The summed E-state index contributed by atoms with van der Waals surface area (Å²) in [5, 5.41) is 0.177. The fourth-order valence-corrected chi connectivity index (χ4v) is 4.63. The average molecular weight is 289 g/mol. The van der Waals surface area contributed by atoms with Crippen molar-refractivity contribution in [3.8, 4) is 0 Å². The third kappa shape index (κ3) is 1.60. The zero-order valence-corrected chi connectivity index (χ0v) is 11.9. The number of benzene rings is 2. The van der Waals surface area contributed by atoms with Gasteiger partial charge < -0.3 is 0 Å². The molecule has 2 heteroatoms. The number of hydrogen-bond acceptors (Lipinski definition) is 0. The molecule has 4 atom stereocenters. The van der Waals surface area contributed by atoms with Crippen molar-refractivity contribution in [2.45, 2.75) is 29.0 Å². The molecule has 0 saturated carbocycles. The van der Waals surface area contributed by atoms with E-state index in [9.17, 15) is 0 Å². The minimum atomic E-state index is 0.0334. The molecule has 0 amide bonds. The van der Waals surface area contributed by atoms with Crippen molar-refractivity contribution in [2.24, 2.45) is 0 Å². The summed E-state index contributed by atoms with van der Waals surface area (Å²) < 4.78 is 0. The molecule has 3 aliphatic carbocycles. The van der Waals surface area contributed by atoms with Crippen molar-refractivity contribution in [3.05, 3.63) is 70.8 Å². The van der Waals surface area contributed by atoms with Crippen LogP contribution in [0.2, 0.25) is 0 Å². The molecular formula is C17H14Cl2. The van der Waals surface area contributed by atoms with Crippen molar-refractivity contribution in [2.75, 3.05) is 0 Å². The highest BCUT2D eigenvalue weighted by Crippen LogP contribution is 2.56. The Morgan fingerprint density at radius 1 is 0.737 bits per heavy atom. The van der Waals surface area contributed by atoms with E-state index < -0.39 is 0 Å². The summed E-state index contributed by atoms with van der Waals surface area (Å²) in [4.78, 5) is 0. The van der Waals surface area contributed by atoms with E-state index in [1.54, 1.807) is 0 Å². The van der Waals surface area contributed by atoms with Crippen LogP contribution in [0.5, 0.6) is 0 Å². The first-order valence-electron chi connectivity index (χ1n) is 6.73. The zero-order chi connectivity index (χ0) is 13.0. The summed E-state index contributed by atoms with van der Waals surface area (Å²) in [6, 6.07) is 17.2. The van der Waals surface area contributed by atoms with Crippen LogP contribution in [0.15, 0.2) is 48.5 Å². The number of alkyl halides is 2. The second-order valence-electron chi connectivity index (χ2n) is 5.50. The van der Waals surface area contributed by atoms with E-state index >= 15 is 0 Å². The summed E-state index contributed by atoms with van der Waals surface area (Å²) in [7, 11) is 0. The van der Waals surface area contributed by atoms with E-state index in [0.717, 1.165) is 6.42 Å². The lowest BCUT2D eigenvalue weighted by molar-refractivity contribution is 0.541. The van der Waals surface area contributed by atoms with Gasteiger partial charge in [0.2, 0.25) is 0 Å². The summed E-state index contributed by atoms with van der Waals surface area (Å²) in [6.45, 7) is 0. The Hall–Kier alpha value is -0.980. The summed E-state index contributed by atoms with van der Waals surface area (Å²) in [5.74, 6) is 0.620. The summed E-state index contributed by atoms with van der Waals surface area (Å²) in [6.07, 6.45) is 0.964. The highest BCUT2D eigenvalue weighted by atomic mass is 35.5. The molecule has 0 radical (unpaired) electrons.